The van der Waals surface area contributed by atoms with Crippen molar-refractivity contribution in [1.29, 1.82) is 0 Å². The maximum absolute atomic E-state index is 11.6. The van der Waals surface area contributed by atoms with Crippen LogP contribution >= 0.6 is 0 Å². The summed E-state index contributed by atoms with van der Waals surface area (Å²) >= 11 is 0. The molecule has 1 aliphatic heterocycles. The summed E-state index contributed by atoms with van der Waals surface area (Å²) in [5.41, 5.74) is 1.20. The number of hydrogen-bond acceptors (Lipinski definition) is 5. The van der Waals surface area contributed by atoms with Crippen molar-refractivity contribution >= 4 is 5.97 Å². The number of aliphatic hydroxyl groups is 3. The lowest BCUT2D eigenvalue weighted by Crippen LogP contribution is -2.64. The molecule has 5 nitrogen and oxygen atoms in total. The minimum atomic E-state index is -0.957. The van der Waals surface area contributed by atoms with Gasteiger partial charge in [0.15, 0.2) is 0 Å². The fourth-order valence-electron chi connectivity index (χ4n) is 7.85. The first-order chi connectivity index (χ1) is 13.3. The zero-order valence-electron chi connectivity index (χ0n) is 16.7. The summed E-state index contributed by atoms with van der Waals surface area (Å²) in [7, 11) is 0. The number of ether oxygens (including phenoxy) is 1. The van der Waals surface area contributed by atoms with E-state index in [2.05, 4.69) is 13.0 Å². The van der Waals surface area contributed by atoms with Crippen LogP contribution < -0.4 is 0 Å². The first kappa shape index (κ1) is 18.8. The number of allylic oxidation sites excluding steroid dienone is 2. The SMILES string of the molecule is C[C@]12CC[C@@H]3[C@H](CC[C@]4(O)C[C@H](O)CC[C@]34CO)C1=CC[C@@H]2C1=CC(=O)OC1. The van der Waals surface area contributed by atoms with Gasteiger partial charge in [-0.25, -0.2) is 4.79 Å². The lowest BCUT2D eigenvalue weighted by molar-refractivity contribution is -0.224. The number of aliphatic hydroxyl groups excluding tert-OH is 2. The Kier molecular flexibility index (Phi) is 4.15. The fourth-order valence-corrected chi connectivity index (χ4v) is 7.85. The van der Waals surface area contributed by atoms with Gasteiger partial charge in [-0.3, -0.25) is 0 Å². The van der Waals surface area contributed by atoms with Crippen molar-refractivity contribution in [3.8, 4) is 0 Å². The molecule has 3 fully saturated rings. The third-order valence-corrected chi connectivity index (χ3v) is 9.28. The van der Waals surface area contributed by atoms with E-state index < -0.39 is 17.1 Å². The summed E-state index contributed by atoms with van der Waals surface area (Å²) < 4.78 is 5.19. The number of hydrogen-bond donors (Lipinski definition) is 3. The molecule has 28 heavy (non-hydrogen) atoms. The standard InChI is InChI=1S/C23H32O5/c1-21-7-6-19-16(18(21)3-2-17(21)14-10-20(26)28-12-14)5-9-23(27)11-15(25)4-8-22(19,23)13-24/h3,10,15-17,19,24-25,27H,2,4-9,11-13H2,1H3/t15-,16-,17-,19-,21-,22+,23+/m1/s1. The Balaban J connectivity index is 1.47. The van der Waals surface area contributed by atoms with E-state index in [0.717, 1.165) is 31.3 Å². The van der Waals surface area contributed by atoms with Gasteiger partial charge in [0.25, 0.3) is 0 Å². The second kappa shape index (κ2) is 6.16. The second-order valence-electron chi connectivity index (χ2n) is 10.2. The Morgan fingerprint density at radius 1 is 1.21 bits per heavy atom. The normalized spacial score (nSPS) is 50.2. The summed E-state index contributed by atoms with van der Waals surface area (Å²) in [5, 5.41) is 32.2. The van der Waals surface area contributed by atoms with Gasteiger partial charge in [0.2, 0.25) is 0 Å². The Hall–Kier alpha value is -1.17. The van der Waals surface area contributed by atoms with E-state index in [0.29, 0.717) is 44.1 Å². The summed E-state index contributed by atoms with van der Waals surface area (Å²) in [6.45, 7) is 2.76. The number of carbonyl (C=O) groups excluding carboxylic acids is 1. The quantitative estimate of drug-likeness (QED) is 0.500. The fraction of sp³-hybridized carbons (Fsp3) is 0.783. The van der Waals surface area contributed by atoms with E-state index in [1.165, 1.54) is 5.57 Å². The molecule has 3 N–H and O–H groups in total. The van der Waals surface area contributed by atoms with Crippen molar-refractivity contribution in [2.24, 2.45) is 28.6 Å². The minimum Gasteiger partial charge on any atom is -0.458 e. The Labute approximate surface area is 166 Å². The van der Waals surface area contributed by atoms with Gasteiger partial charge in [0, 0.05) is 17.9 Å². The van der Waals surface area contributed by atoms with Crippen LogP contribution in [0.1, 0.15) is 58.3 Å². The van der Waals surface area contributed by atoms with E-state index >= 15 is 0 Å². The molecule has 0 bridgehead atoms. The molecule has 4 aliphatic carbocycles. The van der Waals surface area contributed by atoms with Gasteiger partial charge >= 0.3 is 5.97 Å². The van der Waals surface area contributed by atoms with Crippen molar-refractivity contribution in [1.82, 2.24) is 0 Å². The zero-order valence-corrected chi connectivity index (χ0v) is 16.7. The molecule has 0 aromatic heterocycles. The zero-order chi connectivity index (χ0) is 19.7. The molecular formula is C23H32O5. The number of rotatable bonds is 2. The van der Waals surface area contributed by atoms with Gasteiger partial charge in [0.1, 0.15) is 6.61 Å². The molecule has 0 unspecified atom stereocenters. The minimum absolute atomic E-state index is 0.00168. The van der Waals surface area contributed by atoms with Gasteiger partial charge in [0.05, 0.1) is 18.3 Å². The van der Waals surface area contributed by atoms with Crippen LogP contribution in [0.3, 0.4) is 0 Å². The summed E-state index contributed by atoms with van der Waals surface area (Å²) in [4.78, 5) is 11.6. The van der Waals surface area contributed by atoms with E-state index in [9.17, 15) is 20.1 Å². The van der Waals surface area contributed by atoms with Crippen LogP contribution in [0.15, 0.2) is 23.3 Å². The topological polar surface area (TPSA) is 87.0 Å². The number of cyclic esters (lactones) is 1. The highest BCUT2D eigenvalue weighted by Crippen LogP contribution is 2.67. The average Bonchev–Trinajstić information content (AvgIpc) is 3.23. The molecule has 0 amide bonds. The van der Waals surface area contributed by atoms with Crippen LogP contribution in [0.25, 0.3) is 0 Å². The van der Waals surface area contributed by atoms with Gasteiger partial charge in [-0.2, -0.15) is 0 Å². The van der Waals surface area contributed by atoms with Gasteiger partial charge in [-0.15, -0.1) is 0 Å². The highest BCUT2D eigenvalue weighted by molar-refractivity contribution is 5.85. The molecule has 0 radical (unpaired) electrons. The molecular weight excluding hydrogens is 356 g/mol. The third-order valence-electron chi connectivity index (χ3n) is 9.28. The molecule has 154 valence electrons. The highest BCUT2D eigenvalue weighted by atomic mass is 16.5. The van der Waals surface area contributed by atoms with Crippen molar-refractivity contribution in [2.45, 2.75) is 70.0 Å². The number of fused-ring (bicyclic) bond motifs is 5. The molecule has 5 aliphatic rings. The first-order valence-electron chi connectivity index (χ1n) is 10.9. The van der Waals surface area contributed by atoms with Gasteiger partial charge in [-0.1, -0.05) is 18.6 Å². The smallest absolute Gasteiger partial charge is 0.331 e. The van der Waals surface area contributed by atoms with Gasteiger partial charge in [-0.05, 0) is 73.7 Å². The Bertz CT molecular complexity index is 756. The molecule has 0 aromatic carbocycles. The Morgan fingerprint density at radius 3 is 2.75 bits per heavy atom. The number of carbonyl (C=O) groups is 1. The third kappa shape index (κ3) is 2.33. The molecule has 0 aromatic rings. The maximum Gasteiger partial charge on any atom is 0.331 e. The number of esters is 1. The first-order valence-corrected chi connectivity index (χ1v) is 10.9. The lowest BCUT2D eigenvalue weighted by Gasteiger charge is -2.63. The van der Waals surface area contributed by atoms with Crippen LogP contribution in [0.2, 0.25) is 0 Å². The second-order valence-corrected chi connectivity index (χ2v) is 10.2. The van der Waals surface area contributed by atoms with Crippen LogP contribution in [0.4, 0.5) is 0 Å². The molecule has 1 heterocycles. The van der Waals surface area contributed by atoms with E-state index in [1.54, 1.807) is 6.08 Å². The highest BCUT2D eigenvalue weighted by Gasteiger charge is 2.64. The monoisotopic (exact) mass is 388 g/mol. The summed E-state index contributed by atoms with van der Waals surface area (Å²) in [6, 6.07) is 0. The molecule has 5 rings (SSSR count). The van der Waals surface area contributed by atoms with E-state index in [4.69, 9.17) is 4.74 Å². The predicted octanol–water partition coefficient (Wildman–Crippen LogP) is 2.50. The van der Waals surface area contributed by atoms with Gasteiger partial charge < -0.3 is 20.1 Å². The predicted molar refractivity (Wildman–Crippen MR) is 103 cm³/mol. The largest absolute Gasteiger partial charge is 0.458 e. The summed E-state index contributed by atoms with van der Waals surface area (Å²) in [6.07, 6.45) is 9.87. The molecule has 3 saturated carbocycles. The van der Waals surface area contributed by atoms with Crippen molar-refractivity contribution in [3.05, 3.63) is 23.3 Å². The maximum atomic E-state index is 11.6. The molecule has 7 atom stereocenters. The summed E-state index contributed by atoms with van der Waals surface area (Å²) in [5.74, 6) is 0.750. The van der Waals surface area contributed by atoms with Crippen LogP contribution in [-0.4, -0.2) is 46.2 Å². The van der Waals surface area contributed by atoms with Crippen molar-refractivity contribution in [2.75, 3.05) is 13.2 Å². The van der Waals surface area contributed by atoms with E-state index in [1.807, 2.05) is 0 Å². The van der Waals surface area contributed by atoms with Crippen LogP contribution in [0.5, 0.6) is 0 Å². The molecule has 0 spiro atoms. The Morgan fingerprint density at radius 2 is 2.04 bits per heavy atom. The van der Waals surface area contributed by atoms with Crippen LogP contribution in [0, 0.1) is 28.6 Å². The molecule has 0 saturated heterocycles. The average molecular weight is 389 g/mol. The van der Waals surface area contributed by atoms with Crippen molar-refractivity contribution < 1.29 is 24.9 Å². The molecule has 5 heteroatoms. The van der Waals surface area contributed by atoms with Crippen LogP contribution in [-0.2, 0) is 9.53 Å². The van der Waals surface area contributed by atoms with E-state index in [-0.39, 0.29) is 23.9 Å². The lowest BCUT2D eigenvalue weighted by atomic mass is 9.43. The van der Waals surface area contributed by atoms with Crippen molar-refractivity contribution in [3.63, 3.8) is 0 Å².